The molecule has 1 saturated heterocycles. The molecule has 1 amide bonds. The van der Waals surface area contributed by atoms with Crippen molar-refractivity contribution in [3.63, 3.8) is 0 Å². The van der Waals surface area contributed by atoms with Crippen LogP contribution in [0, 0.1) is 11.8 Å². The number of carboxylic acids is 1. The van der Waals surface area contributed by atoms with Crippen molar-refractivity contribution in [3.8, 4) is 0 Å². The smallest absolute Gasteiger partial charge is 0.320 e. The Morgan fingerprint density at radius 2 is 1.50 bits per heavy atom. The molecule has 32 heavy (non-hydrogen) atoms. The molecule has 170 valence electrons. The summed E-state index contributed by atoms with van der Waals surface area (Å²) in [6, 6.07) is 20.6. The van der Waals surface area contributed by atoms with Gasteiger partial charge in [-0.15, -0.1) is 0 Å². The minimum Gasteiger partial charge on any atom is -0.480 e. The zero-order valence-corrected chi connectivity index (χ0v) is 19.7. The van der Waals surface area contributed by atoms with Crippen LogP contribution in [0.15, 0.2) is 60.7 Å². The van der Waals surface area contributed by atoms with Gasteiger partial charge in [-0.05, 0) is 68.6 Å². The van der Waals surface area contributed by atoms with E-state index >= 15 is 0 Å². The maximum absolute atomic E-state index is 12.9. The molecular formula is C26H33N2O3P. The molecule has 6 atom stereocenters. The summed E-state index contributed by atoms with van der Waals surface area (Å²) in [6.07, 6.45) is 3.33. The first-order valence-corrected chi connectivity index (χ1v) is 13.1. The Balaban J connectivity index is 1.54. The van der Waals surface area contributed by atoms with Crippen LogP contribution in [0.3, 0.4) is 0 Å². The highest BCUT2D eigenvalue weighted by Crippen LogP contribution is 2.53. The molecule has 2 aromatic carbocycles. The molecule has 2 fully saturated rings. The van der Waals surface area contributed by atoms with Crippen molar-refractivity contribution in [1.82, 2.24) is 10.6 Å². The lowest BCUT2D eigenvalue weighted by atomic mass is 9.97. The van der Waals surface area contributed by atoms with Crippen LogP contribution in [0.5, 0.6) is 0 Å². The molecule has 2 aromatic rings. The van der Waals surface area contributed by atoms with E-state index in [2.05, 4.69) is 85.1 Å². The number of carbonyl (C=O) groups excluding carboxylic acids is 1. The zero-order valence-electron chi connectivity index (χ0n) is 18.8. The Bertz CT molecular complexity index is 884. The van der Waals surface area contributed by atoms with Gasteiger partial charge in [0.05, 0.1) is 6.04 Å². The second-order valence-corrected chi connectivity index (χ2v) is 11.6. The van der Waals surface area contributed by atoms with Crippen molar-refractivity contribution >= 4 is 30.4 Å². The average Bonchev–Trinajstić information content (AvgIpc) is 3.44. The van der Waals surface area contributed by atoms with Crippen molar-refractivity contribution in [2.45, 2.75) is 63.3 Å². The number of rotatable bonds is 7. The third kappa shape index (κ3) is 4.89. The van der Waals surface area contributed by atoms with Crippen molar-refractivity contribution in [2.24, 2.45) is 11.8 Å². The summed E-state index contributed by atoms with van der Waals surface area (Å²) in [7, 11) is -0.559. The maximum atomic E-state index is 12.9. The summed E-state index contributed by atoms with van der Waals surface area (Å²) in [4.78, 5) is 24.1. The van der Waals surface area contributed by atoms with Crippen molar-refractivity contribution in [3.05, 3.63) is 60.7 Å². The first-order chi connectivity index (χ1) is 15.5. The number of nitrogens with one attached hydrogen (secondary N) is 2. The molecule has 3 N–H and O–H groups in total. The van der Waals surface area contributed by atoms with Crippen LogP contribution < -0.4 is 21.2 Å². The normalized spacial score (nSPS) is 28.5. The first kappa shape index (κ1) is 22.9. The Hall–Kier alpha value is -2.23. The zero-order chi connectivity index (χ0) is 22.7. The van der Waals surface area contributed by atoms with E-state index in [1.807, 2.05) is 0 Å². The summed E-state index contributed by atoms with van der Waals surface area (Å²) in [5.41, 5.74) is 0.480. The molecule has 2 aliphatic rings. The Labute approximate surface area is 191 Å². The summed E-state index contributed by atoms with van der Waals surface area (Å²) < 4.78 is 0. The molecule has 4 rings (SSSR count). The number of hydrogen-bond donors (Lipinski definition) is 3. The van der Waals surface area contributed by atoms with Crippen molar-refractivity contribution in [2.75, 3.05) is 0 Å². The fourth-order valence-corrected chi connectivity index (χ4v) is 8.88. The maximum Gasteiger partial charge on any atom is 0.320 e. The van der Waals surface area contributed by atoms with Crippen LogP contribution in [0.1, 0.15) is 39.5 Å². The van der Waals surface area contributed by atoms with Gasteiger partial charge in [-0.2, -0.15) is 0 Å². The molecule has 1 heterocycles. The monoisotopic (exact) mass is 452 g/mol. The van der Waals surface area contributed by atoms with E-state index in [4.69, 9.17) is 0 Å². The first-order valence-electron chi connectivity index (χ1n) is 11.6. The quantitative estimate of drug-likeness (QED) is 0.564. The summed E-state index contributed by atoms with van der Waals surface area (Å²) in [6.45, 7) is 4.48. The lowest BCUT2D eigenvalue weighted by Gasteiger charge is -2.36. The third-order valence-electron chi connectivity index (χ3n) is 7.12. The van der Waals surface area contributed by atoms with Gasteiger partial charge < -0.3 is 10.4 Å². The lowest BCUT2D eigenvalue weighted by molar-refractivity contribution is -0.139. The number of hydrogen-bond acceptors (Lipinski definition) is 3. The molecule has 0 spiro atoms. The average molecular weight is 453 g/mol. The lowest BCUT2D eigenvalue weighted by Crippen LogP contribution is -2.50. The summed E-state index contributed by atoms with van der Waals surface area (Å²) in [5, 5.41) is 18.2. The molecule has 5 nitrogen and oxygen atoms in total. The minimum atomic E-state index is -0.880. The van der Waals surface area contributed by atoms with Gasteiger partial charge in [0.1, 0.15) is 6.04 Å². The number of aliphatic carboxylic acids is 1. The highest BCUT2D eigenvalue weighted by atomic mass is 31.1. The van der Waals surface area contributed by atoms with Gasteiger partial charge in [0.15, 0.2) is 0 Å². The third-order valence-corrected chi connectivity index (χ3v) is 10.3. The highest BCUT2D eigenvalue weighted by molar-refractivity contribution is 7.73. The number of carbonyl (C=O) groups is 2. The van der Waals surface area contributed by atoms with E-state index in [1.54, 1.807) is 0 Å². The minimum absolute atomic E-state index is 0.0422. The van der Waals surface area contributed by atoms with E-state index in [9.17, 15) is 14.7 Å². The second-order valence-electron chi connectivity index (χ2n) is 9.23. The van der Waals surface area contributed by atoms with Crippen LogP contribution in [0.4, 0.5) is 0 Å². The van der Waals surface area contributed by atoms with E-state index in [-0.39, 0.29) is 11.9 Å². The largest absolute Gasteiger partial charge is 0.480 e. The van der Waals surface area contributed by atoms with Crippen LogP contribution in [0.2, 0.25) is 0 Å². The number of amides is 1. The van der Waals surface area contributed by atoms with E-state index < -0.39 is 26.0 Å². The van der Waals surface area contributed by atoms with Crippen LogP contribution in [-0.4, -0.2) is 40.8 Å². The summed E-state index contributed by atoms with van der Waals surface area (Å²) >= 11 is 0. The van der Waals surface area contributed by atoms with Crippen LogP contribution in [-0.2, 0) is 9.59 Å². The van der Waals surface area contributed by atoms with Gasteiger partial charge in [0, 0.05) is 6.04 Å². The highest BCUT2D eigenvalue weighted by Gasteiger charge is 2.43. The Morgan fingerprint density at radius 3 is 2.03 bits per heavy atom. The van der Waals surface area contributed by atoms with E-state index in [1.165, 1.54) is 10.6 Å². The molecule has 0 radical (unpaired) electrons. The van der Waals surface area contributed by atoms with Crippen molar-refractivity contribution in [1.29, 1.82) is 0 Å². The van der Waals surface area contributed by atoms with Gasteiger partial charge >= 0.3 is 5.97 Å². The van der Waals surface area contributed by atoms with Gasteiger partial charge in [0.2, 0.25) is 5.91 Å². The topological polar surface area (TPSA) is 78.4 Å². The molecule has 1 saturated carbocycles. The van der Waals surface area contributed by atoms with Crippen LogP contribution >= 0.6 is 7.92 Å². The van der Waals surface area contributed by atoms with Crippen molar-refractivity contribution < 1.29 is 14.7 Å². The number of carboxylic acid groups (broad SMARTS) is 1. The van der Waals surface area contributed by atoms with Gasteiger partial charge in [-0.25, -0.2) is 0 Å². The number of benzene rings is 2. The fourth-order valence-electron chi connectivity index (χ4n) is 5.46. The predicted molar refractivity (Wildman–Crippen MR) is 130 cm³/mol. The van der Waals surface area contributed by atoms with Crippen LogP contribution in [0.25, 0.3) is 0 Å². The Morgan fingerprint density at radius 1 is 0.938 bits per heavy atom. The predicted octanol–water partition coefficient (Wildman–Crippen LogP) is 3.24. The molecule has 0 bridgehead atoms. The molecule has 1 aliphatic heterocycles. The molecule has 6 heteroatoms. The molecule has 0 aromatic heterocycles. The van der Waals surface area contributed by atoms with Gasteiger partial charge in [-0.1, -0.05) is 67.6 Å². The standard InChI is InChI=1S/C26H33N2O3P/c1-17-13-14-21(18(2)27-25(29)22-15-16-23(28-22)26(30)31)24(17)32(19-9-5-3-6-10-19)20-11-7-4-8-12-20/h3-12,17-18,21-24,28H,13-16H2,1-2H3,(H,27,29)(H,30,31)/t17?,18-,21+,22-,23-,24?/m1/s1. The SMILES string of the molecule is CC1CC[C@@H]([C@@H](C)NC(=O)[C@H]2CC[C@H](C(=O)O)N2)C1P(c1ccccc1)c1ccccc1. The van der Waals surface area contributed by atoms with Gasteiger partial charge in [0.25, 0.3) is 0 Å². The molecule has 2 unspecified atom stereocenters. The fraction of sp³-hybridized carbons (Fsp3) is 0.462. The molecular weight excluding hydrogens is 419 g/mol. The Kier molecular flexibility index (Phi) is 7.27. The van der Waals surface area contributed by atoms with Gasteiger partial charge in [-0.3, -0.25) is 14.9 Å². The van der Waals surface area contributed by atoms with E-state index in [0.29, 0.717) is 30.3 Å². The molecule has 1 aliphatic carbocycles. The van der Waals surface area contributed by atoms with E-state index in [0.717, 1.165) is 12.8 Å². The second kappa shape index (κ2) is 10.1. The summed E-state index contributed by atoms with van der Waals surface area (Å²) in [5.74, 6) is 0.0155.